The van der Waals surface area contributed by atoms with E-state index in [4.69, 9.17) is 4.74 Å². The molecule has 1 aliphatic heterocycles. The topological polar surface area (TPSA) is 24.5 Å². The van der Waals surface area contributed by atoms with Gasteiger partial charge in [0, 0.05) is 31.3 Å². The van der Waals surface area contributed by atoms with Gasteiger partial charge in [-0.25, -0.2) is 0 Å². The first-order chi connectivity index (χ1) is 8.67. The molecular formula is C15H30N2O. The van der Waals surface area contributed by atoms with Crippen molar-refractivity contribution in [3.63, 3.8) is 0 Å². The quantitative estimate of drug-likeness (QED) is 0.814. The molecule has 0 aromatic carbocycles. The van der Waals surface area contributed by atoms with Crippen molar-refractivity contribution in [2.24, 2.45) is 5.92 Å². The van der Waals surface area contributed by atoms with Gasteiger partial charge in [-0.3, -0.25) is 4.90 Å². The van der Waals surface area contributed by atoms with Crippen molar-refractivity contribution in [2.45, 2.75) is 71.2 Å². The van der Waals surface area contributed by atoms with E-state index in [1.807, 2.05) is 0 Å². The number of hydrogen-bond acceptors (Lipinski definition) is 3. The van der Waals surface area contributed by atoms with Crippen LogP contribution in [0.15, 0.2) is 0 Å². The van der Waals surface area contributed by atoms with Crippen molar-refractivity contribution in [3.8, 4) is 0 Å². The first-order valence-corrected chi connectivity index (χ1v) is 7.78. The first kappa shape index (κ1) is 14.3. The predicted molar refractivity (Wildman–Crippen MR) is 75.8 cm³/mol. The van der Waals surface area contributed by atoms with Crippen LogP contribution in [0.3, 0.4) is 0 Å². The van der Waals surface area contributed by atoms with Crippen molar-refractivity contribution in [2.75, 3.05) is 19.7 Å². The Morgan fingerprint density at radius 3 is 2.56 bits per heavy atom. The largest absolute Gasteiger partial charge is 0.378 e. The highest BCUT2D eigenvalue weighted by Gasteiger charge is 2.41. The van der Waals surface area contributed by atoms with Gasteiger partial charge in [0.15, 0.2) is 0 Å². The van der Waals surface area contributed by atoms with E-state index in [9.17, 15) is 0 Å². The maximum atomic E-state index is 5.68. The molecule has 0 aromatic heterocycles. The summed E-state index contributed by atoms with van der Waals surface area (Å²) in [4.78, 5) is 2.73. The minimum Gasteiger partial charge on any atom is -0.378 e. The van der Waals surface area contributed by atoms with Gasteiger partial charge in [0.25, 0.3) is 0 Å². The molecule has 3 nitrogen and oxygen atoms in total. The van der Waals surface area contributed by atoms with Gasteiger partial charge in [0.05, 0.1) is 6.10 Å². The Labute approximate surface area is 112 Å². The summed E-state index contributed by atoms with van der Waals surface area (Å²) >= 11 is 0. The third-order valence-electron chi connectivity index (χ3n) is 5.02. The van der Waals surface area contributed by atoms with E-state index in [0.717, 1.165) is 25.1 Å². The van der Waals surface area contributed by atoms with Gasteiger partial charge in [-0.2, -0.15) is 0 Å². The second-order valence-electron chi connectivity index (χ2n) is 5.99. The summed E-state index contributed by atoms with van der Waals surface area (Å²) in [6.07, 6.45) is 4.33. The van der Waals surface area contributed by atoms with Gasteiger partial charge in [-0.05, 0) is 45.6 Å². The Bertz CT molecular complexity index is 253. The summed E-state index contributed by atoms with van der Waals surface area (Å²) in [6, 6.07) is 2.20. The van der Waals surface area contributed by atoms with E-state index in [0.29, 0.717) is 18.2 Å². The standard InChI is InChI=1S/C15H30N2O/c1-5-16-15-7-8-17(12(4)11(15)3)13-9-14(10-13)18-6-2/h11-16H,5-10H2,1-4H3. The summed E-state index contributed by atoms with van der Waals surface area (Å²) < 4.78 is 5.68. The predicted octanol–water partition coefficient (Wildman–Crippen LogP) is 2.26. The molecule has 18 heavy (non-hydrogen) atoms. The molecule has 1 saturated heterocycles. The minimum atomic E-state index is 0.536. The molecule has 0 bridgehead atoms. The normalized spacial score (nSPS) is 41.7. The Morgan fingerprint density at radius 2 is 1.94 bits per heavy atom. The summed E-state index contributed by atoms with van der Waals surface area (Å²) in [6.45, 7) is 12.3. The molecule has 106 valence electrons. The van der Waals surface area contributed by atoms with Crippen LogP contribution in [-0.4, -0.2) is 48.8 Å². The van der Waals surface area contributed by atoms with Crippen molar-refractivity contribution in [1.82, 2.24) is 10.2 Å². The molecule has 2 fully saturated rings. The van der Waals surface area contributed by atoms with Gasteiger partial charge in [0.2, 0.25) is 0 Å². The third-order valence-corrected chi connectivity index (χ3v) is 5.02. The van der Waals surface area contributed by atoms with Crippen LogP contribution in [-0.2, 0) is 4.74 Å². The molecule has 2 aliphatic rings. The fraction of sp³-hybridized carbons (Fsp3) is 1.00. The van der Waals surface area contributed by atoms with E-state index in [1.54, 1.807) is 0 Å². The van der Waals surface area contributed by atoms with Crippen LogP contribution in [0, 0.1) is 5.92 Å². The Balaban J connectivity index is 1.82. The average molecular weight is 254 g/mol. The number of piperidine rings is 1. The molecule has 0 radical (unpaired) electrons. The SMILES string of the molecule is CCNC1CCN(C2CC(OCC)C2)C(C)C1C. The van der Waals surface area contributed by atoms with E-state index < -0.39 is 0 Å². The van der Waals surface area contributed by atoms with Gasteiger partial charge in [-0.15, -0.1) is 0 Å². The van der Waals surface area contributed by atoms with Gasteiger partial charge in [0.1, 0.15) is 0 Å². The maximum absolute atomic E-state index is 5.68. The lowest BCUT2D eigenvalue weighted by Gasteiger charge is -2.51. The van der Waals surface area contributed by atoms with Gasteiger partial charge < -0.3 is 10.1 Å². The van der Waals surface area contributed by atoms with Crippen LogP contribution < -0.4 is 5.32 Å². The number of nitrogens with zero attached hydrogens (tertiary/aromatic N) is 1. The lowest BCUT2D eigenvalue weighted by atomic mass is 9.80. The van der Waals surface area contributed by atoms with Crippen LogP contribution >= 0.6 is 0 Å². The average Bonchev–Trinajstić information content (AvgIpc) is 2.31. The molecule has 3 atom stereocenters. The molecule has 1 aliphatic carbocycles. The first-order valence-electron chi connectivity index (χ1n) is 7.78. The molecule has 3 heteroatoms. The molecule has 1 heterocycles. The van der Waals surface area contributed by atoms with Gasteiger partial charge >= 0.3 is 0 Å². The fourth-order valence-corrected chi connectivity index (χ4v) is 3.64. The smallest absolute Gasteiger partial charge is 0.0604 e. The Morgan fingerprint density at radius 1 is 1.22 bits per heavy atom. The van der Waals surface area contributed by atoms with E-state index >= 15 is 0 Å². The zero-order chi connectivity index (χ0) is 13.1. The van der Waals surface area contributed by atoms with E-state index in [-0.39, 0.29) is 0 Å². The summed E-state index contributed by atoms with van der Waals surface area (Å²) in [5.41, 5.74) is 0. The molecule has 0 amide bonds. The number of likely N-dealkylation sites (tertiary alicyclic amines) is 1. The van der Waals surface area contributed by atoms with Crippen LogP contribution in [0.1, 0.15) is 47.0 Å². The lowest BCUT2D eigenvalue weighted by molar-refractivity contribution is -0.0733. The third kappa shape index (κ3) is 2.89. The summed E-state index contributed by atoms with van der Waals surface area (Å²) in [5, 5.41) is 3.64. The van der Waals surface area contributed by atoms with Crippen molar-refractivity contribution in [3.05, 3.63) is 0 Å². The van der Waals surface area contributed by atoms with Crippen molar-refractivity contribution < 1.29 is 4.74 Å². The molecule has 1 N–H and O–H groups in total. The van der Waals surface area contributed by atoms with Crippen LogP contribution in [0.5, 0.6) is 0 Å². The fourth-order valence-electron chi connectivity index (χ4n) is 3.64. The number of hydrogen-bond donors (Lipinski definition) is 1. The molecule has 0 aromatic rings. The molecule has 2 rings (SSSR count). The maximum Gasteiger partial charge on any atom is 0.0604 e. The highest BCUT2D eigenvalue weighted by atomic mass is 16.5. The van der Waals surface area contributed by atoms with Crippen molar-refractivity contribution in [1.29, 1.82) is 0 Å². The monoisotopic (exact) mass is 254 g/mol. The van der Waals surface area contributed by atoms with Crippen LogP contribution in [0.2, 0.25) is 0 Å². The molecular weight excluding hydrogens is 224 g/mol. The molecule has 0 spiro atoms. The van der Waals surface area contributed by atoms with Crippen LogP contribution in [0.4, 0.5) is 0 Å². The van der Waals surface area contributed by atoms with E-state index in [2.05, 4.69) is 37.9 Å². The molecule has 3 unspecified atom stereocenters. The highest BCUT2D eigenvalue weighted by molar-refractivity contribution is 4.96. The second kappa shape index (κ2) is 6.36. The lowest BCUT2D eigenvalue weighted by Crippen LogP contribution is -2.59. The van der Waals surface area contributed by atoms with E-state index in [1.165, 1.54) is 25.8 Å². The molecule has 1 saturated carbocycles. The van der Waals surface area contributed by atoms with Gasteiger partial charge in [-0.1, -0.05) is 13.8 Å². The zero-order valence-corrected chi connectivity index (χ0v) is 12.5. The number of ether oxygens (including phenoxy) is 1. The number of nitrogens with one attached hydrogen (secondary N) is 1. The second-order valence-corrected chi connectivity index (χ2v) is 5.99. The summed E-state index contributed by atoms with van der Waals surface area (Å²) in [5.74, 6) is 0.754. The Hall–Kier alpha value is -0.120. The summed E-state index contributed by atoms with van der Waals surface area (Å²) in [7, 11) is 0. The van der Waals surface area contributed by atoms with Crippen molar-refractivity contribution >= 4 is 0 Å². The Kier molecular flexibility index (Phi) is 5.05. The highest BCUT2D eigenvalue weighted by Crippen LogP contribution is 2.34. The van der Waals surface area contributed by atoms with Crippen LogP contribution in [0.25, 0.3) is 0 Å². The zero-order valence-electron chi connectivity index (χ0n) is 12.5. The minimum absolute atomic E-state index is 0.536. The number of rotatable bonds is 5.